The summed E-state index contributed by atoms with van der Waals surface area (Å²) in [5.74, 6) is 0.666. The van der Waals surface area contributed by atoms with Gasteiger partial charge >= 0.3 is 0 Å². The Labute approximate surface area is 106 Å². The van der Waals surface area contributed by atoms with Crippen LogP contribution < -0.4 is 15.0 Å². The smallest absolute Gasteiger partial charge is 0.230 e. The van der Waals surface area contributed by atoms with Crippen molar-refractivity contribution in [2.75, 3.05) is 32.7 Å². The van der Waals surface area contributed by atoms with Crippen molar-refractivity contribution < 1.29 is 9.84 Å². The number of nitrogens with zero attached hydrogens (tertiary/aromatic N) is 2. The summed E-state index contributed by atoms with van der Waals surface area (Å²) in [5.41, 5.74) is 0. The Morgan fingerprint density at radius 3 is 2.71 bits per heavy atom. The van der Waals surface area contributed by atoms with Crippen molar-refractivity contribution in [2.24, 2.45) is 0 Å². The van der Waals surface area contributed by atoms with Crippen LogP contribution in [0.4, 0.5) is 5.13 Å². The minimum atomic E-state index is 0.129. The molecule has 0 aromatic carbocycles. The molecule has 1 rings (SSSR count). The first-order chi connectivity index (χ1) is 8.12. The van der Waals surface area contributed by atoms with Crippen LogP contribution in [0.15, 0.2) is 0 Å². The Hall–Kier alpha value is -0.850. The SMILES string of the molecule is CC[C@H](CO)NCc1sc(N(C)C)nc1OC. The highest BCUT2D eigenvalue weighted by Gasteiger charge is 2.14. The third-order valence-electron chi connectivity index (χ3n) is 2.49. The Balaban J connectivity index is 2.69. The Bertz CT molecular complexity index is 337. The van der Waals surface area contributed by atoms with Gasteiger partial charge in [-0.15, -0.1) is 0 Å². The second kappa shape index (κ2) is 6.78. The lowest BCUT2D eigenvalue weighted by Gasteiger charge is -2.13. The van der Waals surface area contributed by atoms with Crippen LogP contribution in [-0.2, 0) is 6.54 Å². The summed E-state index contributed by atoms with van der Waals surface area (Å²) in [4.78, 5) is 7.39. The number of aromatic nitrogens is 1. The fraction of sp³-hybridized carbons (Fsp3) is 0.727. The summed E-state index contributed by atoms with van der Waals surface area (Å²) in [7, 11) is 5.54. The number of anilines is 1. The fourth-order valence-electron chi connectivity index (χ4n) is 1.36. The zero-order chi connectivity index (χ0) is 12.8. The number of thiazole rings is 1. The highest BCUT2D eigenvalue weighted by atomic mass is 32.1. The number of methoxy groups -OCH3 is 1. The van der Waals surface area contributed by atoms with Crippen molar-refractivity contribution in [3.63, 3.8) is 0 Å². The molecule has 0 aliphatic rings. The molecule has 5 nitrogen and oxygen atoms in total. The highest BCUT2D eigenvalue weighted by Crippen LogP contribution is 2.30. The molecule has 0 spiro atoms. The molecule has 0 amide bonds. The molecule has 0 fully saturated rings. The largest absolute Gasteiger partial charge is 0.480 e. The van der Waals surface area contributed by atoms with Gasteiger partial charge in [-0.1, -0.05) is 18.3 Å². The molecular formula is C11H21N3O2S. The number of aliphatic hydroxyl groups excluding tert-OH is 1. The number of hydrogen-bond acceptors (Lipinski definition) is 6. The Morgan fingerprint density at radius 2 is 2.24 bits per heavy atom. The summed E-state index contributed by atoms with van der Waals surface area (Å²) < 4.78 is 5.25. The normalized spacial score (nSPS) is 12.5. The average molecular weight is 259 g/mol. The molecule has 1 aromatic heterocycles. The van der Waals surface area contributed by atoms with Gasteiger partial charge in [0.15, 0.2) is 5.13 Å². The van der Waals surface area contributed by atoms with Crippen molar-refractivity contribution in [3.8, 4) is 5.88 Å². The van der Waals surface area contributed by atoms with Gasteiger partial charge in [-0.25, -0.2) is 0 Å². The number of rotatable bonds is 7. The lowest BCUT2D eigenvalue weighted by molar-refractivity contribution is 0.238. The summed E-state index contributed by atoms with van der Waals surface area (Å²) in [6, 6.07) is 0.129. The maximum absolute atomic E-state index is 9.11. The first-order valence-electron chi connectivity index (χ1n) is 5.67. The molecular weight excluding hydrogens is 238 g/mol. The monoisotopic (exact) mass is 259 g/mol. The molecule has 0 saturated carbocycles. The van der Waals surface area contributed by atoms with Gasteiger partial charge < -0.3 is 20.1 Å². The third kappa shape index (κ3) is 3.83. The maximum Gasteiger partial charge on any atom is 0.230 e. The predicted octanol–water partition coefficient (Wildman–Crippen LogP) is 1.08. The minimum Gasteiger partial charge on any atom is -0.480 e. The predicted molar refractivity (Wildman–Crippen MR) is 71.0 cm³/mol. The van der Waals surface area contributed by atoms with Crippen LogP contribution in [-0.4, -0.2) is 43.9 Å². The topological polar surface area (TPSA) is 57.6 Å². The lowest BCUT2D eigenvalue weighted by atomic mass is 10.2. The van der Waals surface area contributed by atoms with E-state index in [0.29, 0.717) is 12.4 Å². The van der Waals surface area contributed by atoms with Crippen LogP contribution in [0, 0.1) is 0 Å². The van der Waals surface area contributed by atoms with Gasteiger partial charge in [0.1, 0.15) is 0 Å². The Kier molecular flexibility index (Phi) is 5.67. The zero-order valence-corrected chi connectivity index (χ0v) is 11.7. The molecule has 17 heavy (non-hydrogen) atoms. The molecule has 6 heteroatoms. The summed E-state index contributed by atoms with van der Waals surface area (Å²) in [6.07, 6.45) is 0.901. The van der Waals surface area contributed by atoms with Crippen molar-refractivity contribution >= 4 is 16.5 Å². The molecule has 1 aromatic rings. The third-order valence-corrected chi connectivity index (χ3v) is 3.69. The summed E-state index contributed by atoms with van der Waals surface area (Å²) in [6.45, 7) is 2.87. The molecule has 0 aliphatic heterocycles. The zero-order valence-electron chi connectivity index (χ0n) is 10.9. The van der Waals surface area contributed by atoms with Crippen molar-refractivity contribution in [2.45, 2.75) is 25.9 Å². The molecule has 98 valence electrons. The standard InChI is InChI=1S/C11H21N3O2S/c1-5-8(7-15)12-6-9-10(16-4)13-11(17-9)14(2)3/h8,12,15H,5-7H2,1-4H3/t8-/m1/s1. The van der Waals surface area contributed by atoms with Gasteiger partial charge in [-0.2, -0.15) is 4.98 Å². The van der Waals surface area contributed by atoms with Crippen LogP contribution >= 0.6 is 11.3 Å². The fourth-order valence-corrected chi connectivity index (χ4v) is 2.27. The minimum absolute atomic E-state index is 0.129. The van der Waals surface area contributed by atoms with E-state index in [1.54, 1.807) is 18.4 Å². The van der Waals surface area contributed by atoms with E-state index in [1.165, 1.54) is 0 Å². The molecule has 0 saturated heterocycles. The maximum atomic E-state index is 9.11. The van der Waals surface area contributed by atoms with Gasteiger partial charge in [0.2, 0.25) is 5.88 Å². The quantitative estimate of drug-likeness (QED) is 0.767. The van der Waals surface area contributed by atoms with E-state index in [-0.39, 0.29) is 12.6 Å². The van der Waals surface area contributed by atoms with E-state index in [9.17, 15) is 0 Å². The molecule has 1 atom stereocenters. The van der Waals surface area contributed by atoms with E-state index >= 15 is 0 Å². The molecule has 0 bridgehead atoms. The van der Waals surface area contributed by atoms with Crippen LogP contribution in [0.3, 0.4) is 0 Å². The van der Waals surface area contributed by atoms with Crippen molar-refractivity contribution in [3.05, 3.63) is 4.88 Å². The van der Waals surface area contributed by atoms with Crippen LogP contribution in [0.5, 0.6) is 5.88 Å². The first-order valence-corrected chi connectivity index (χ1v) is 6.49. The van der Waals surface area contributed by atoms with E-state index in [2.05, 4.69) is 10.3 Å². The van der Waals surface area contributed by atoms with E-state index < -0.39 is 0 Å². The first kappa shape index (κ1) is 14.2. The van der Waals surface area contributed by atoms with Gasteiger partial charge in [0.05, 0.1) is 18.6 Å². The van der Waals surface area contributed by atoms with Crippen LogP contribution in [0.2, 0.25) is 0 Å². The van der Waals surface area contributed by atoms with E-state index in [4.69, 9.17) is 9.84 Å². The average Bonchev–Trinajstić information content (AvgIpc) is 2.74. The summed E-state index contributed by atoms with van der Waals surface area (Å²) >= 11 is 1.60. The van der Waals surface area contributed by atoms with E-state index in [0.717, 1.165) is 16.4 Å². The number of ether oxygens (including phenoxy) is 1. The second-order valence-corrected chi connectivity index (χ2v) is 5.05. The molecule has 0 unspecified atom stereocenters. The van der Waals surface area contributed by atoms with Gasteiger partial charge in [0, 0.05) is 26.7 Å². The molecule has 1 heterocycles. The van der Waals surface area contributed by atoms with Gasteiger partial charge in [-0.05, 0) is 6.42 Å². The van der Waals surface area contributed by atoms with Gasteiger partial charge in [-0.3, -0.25) is 0 Å². The van der Waals surface area contributed by atoms with Crippen LogP contribution in [0.1, 0.15) is 18.2 Å². The lowest BCUT2D eigenvalue weighted by Crippen LogP contribution is -2.30. The Morgan fingerprint density at radius 1 is 1.53 bits per heavy atom. The molecule has 2 N–H and O–H groups in total. The second-order valence-electron chi connectivity index (χ2n) is 3.99. The van der Waals surface area contributed by atoms with Crippen molar-refractivity contribution in [1.29, 1.82) is 0 Å². The molecule has 0 radical (unpaired) electrons. The van der Waals surface area contributed by atoms with Crippen LogP contribution in [0.25, 0.3) is 0 Å². The van der Waals surface area contributed by atoms with E-state index in [1.807, 2.05) is 25.9 Å². The van der Waals surface area contributed by atoms with Crippen molar-refractivity contribution in [1.82, 2.24) is 10.3 Å². The number of nitrogens with one attached hydrogen (secondary N) is 1. The summed E-state index contributed by atoms with van der Waals surface area (Å²) in [5, 5.41) is 13.3. The van der Waals surface area contributed by atoms with Gasteiger partial charge in [0.25, 0.3) is 0 Å². The highest BCUT2D eigenvalue weighted by molar-refractivity contribution is 7.15. The number of hydrogen-bond donors (Lipinski definition) is 2. The molecule has 0 aliphatic carbocycles. The number of aliphatic hydroxyl groups is 1.